The molecule has 1 heterocycles. The van der Waals surface area contributed by atoms with Gasteiger partial charge < -0.3 is 23.8 Å². The normalized spacial score (nSPS) is 15.5. The number of methoxy groups -OCH3 is 2. The van der Waals surface area contributed by atoms with E-state index in [0.717, 1.165) is 22.3 Å². The van der Waals surface area contributed by atoms with E-state index >= 15 is 0 Å². The molecule has 3 aromatic carbocycles. The highest BCUT2D eigenvalue weighted by molar-refractivity contribution is 5.89. The molecule has 9 nitrogen and oxygen atoms in total. The second kappa shape index (κ2) is 15.2. The number of nitrogens with zero attached hydrogens (tertiary/aromatic N) is 1. The van der Waals surface area contributed by atoms with Gasteiger partial charge in [-0.15, -0.1) is 0 Å². The number of carbonyl (C=O) groups excluding carboxylic acids is 3. The minimum Gasteiger partial charge on any atom is -0.493 e. The molecular formula is C34H40N2O7. The summed E-state index contributed by atoms with van der Waals surface area (Å²) in [4.78, 5) is 41.9. The molecule has 0 radical (unpaired) electrons. The number of nitrogens with one attached hydrogen (secondary N) is 1. The van der Waals surface area contributed by atoms with Crippen molar-refractivity contribution in [2.45, 2.75) is 64.4 Å². The predicted molar refractivity (Wildman–Crippen MR) is 162 cm³/mol. The average Bonchev–Trinajstić information content (AvgIpc) is 3.04. The molecule has 0 aromatic heterocycles. The van der Waals surface area contributed by atoms with Crippen LogP contribution in [0.5, 0.6) is 11.5 Å². The van der Waals surface area contributed by atoms with Crippen LogP contribution in [-0.2, 0) is 49.9 Å². The highest BCUT2D eigenvalue weighted by Crippen LogP contribution is 2.35. The van der Waals surface area contributed by atoms with E-state index in [0.29, 0.717) is 24.3 Å². The molecule has 0 saturated carbocycles. The first-order valence-corrected chi connectivity index (χ1v) is 14.6. The van der Waals surface area contributed by atoms with Crippen LogP contribution in [0.15, 0.2) is 72.8 Å². The highest BCUT2D eigenvalue weighted by Gasteiger charge is 2.39. The van der Waals surface area contributed by atoms with Crippen LogP contribution < -0.4 is 14.8 Å². The van der Waals surface area contributed by atoms with Gasteiger partial charge in [0.15, 0.2) is 11.5 Å². The molecule has 0 fully saturated rings. The third-order valence-electron chi connectivity index (χ3n) is 7.57. The van der Waals surface area contributed by atoms with Gasteiger partial charge in [0.05, 0.1) is 26.9 Å². The van der Waals surface area contributed by atoms with Gasteiger partial charge in [-0.1, -0.05) is 60.7 Å². The zero-order chi connectivity index (χ0) is 30.8. The Labute approximate surface area is 253 Å². The summed E-state index contributed by atoms with van der Waals surface area (Å²) in [5, 5.41) is 3.19. The van der Waals surface area contributed by atoms with Crippen LogP contribution in [0.2, 0.25) is 0 Å². The van der Waals surface area contributed by atoms with Crippen LogP contribution in [0.25, 0.3) is 0 Å². The minimum atomic E-state index is -0.864. The second-order valence-corrected chi connectivity index (χ2v) is 10.5. The van der Waals surface area contributed by atoms with Gasteiger partial charge in [0, 0.05) is 13.0 Å². The smallest absolute Gasteiger partial charge is 0.329 e. The van der Waals surface area contributed by atoms with Gasteiger partial charge >= 0.3 is 11.9 Å². The Morgan fingerprint density at radius 3 is 2.09 bits per heavy atom. The lowest BCUT2D eigenvalue weighted by Gasteiger charge is -2.37. The van der Waals surface area contributed by atoms with Gasteiger partial charge in [-0.3, -0.25) is 14.9 Å². The quantitative estimate of drug-likeness (QED) is 0.296. The molecule has 3 aromatic rings. The van der Waals surface area contributed by atoms with Gasteiger partial charge in [-0.05, 0) is 61.1 Å². The summed E-state index contributed by atoms with van der Waals surface area (Å²) >= 11 is 0. The SMILES string of the molecule is CCOC(=O)C(CCc1ccccc1)N[C@@H](C)C(=O)N1Cc2cc(OC)c(OC)cc2C[C@H]1C(=O)OCc1ccccc1. The Bertz CT molecular complexity index is 1380. The van der Waals surface area contributed by atoms with Gasteiger partial charge in [0.2, 0.25) is 5.91 Å². The summed E-state index contributed by atoms with van der Waals surface area (Å²) in [6.45, 7) is 3.94. The van der Waals surface area contributed by atoms with E-state index in [4.69, 9.17) is 18.9 Å². The van der Waals surface area contributed by atoms with Crippen molar-refractivity contribution in [2.75, 3.05) is 20.8 Å². The van der Waals surface area contributed by atoms with Crippen molar-refractivity contribution >= 4 is 17.8 Å². The molecule has 0 saturated heterocycles. The molecule has 4 rings (SSSR count). The highest BCUT2D eigenvalue weighted by atomic mass is 16.5. The van der Waals surface area contributed by atoms with Gasteiger partial charge in [-0.2, -0.15) is 0 Å². The summed E-state index contributed by atoms with van der Waals surface area (Å²) in [7, 11) is 3.11. The Hall–Kier alpha value is -4.37. The maximum Gasteiger partial charge on any atom is 0.329 e. The molecule has 1 unspecified atom stereocenters. The maximum atomic E-state index is 14.0. The van der Waals surface area contributed by atoms with Crippen LogP contribution in [0.3, 0.4) is 0 Å². The Kier molecular flexibility index (Phi) is 11.2. The van der Waals surface area contributed by atoms with E-state index in [1.165, 1.54) is 4.90 Å². The van der Waals surface area contributed by atoms with E-state index in [-0.39, 0.29) is 32.1 Å². The van der Waals surface area contributed by atoms with E-state index in [9.17, 15) is 14.4 Å². The summed E-state index contributed by atoms with van der Waals surface area (Å²) in [5.74, 6) is -0.166. The fourth-order valence-corrected chi connectivity index (χ4v) is 5.27. The zero-order valence-corrected chi connectivity index (χ0v) is 25.2. The molecule has 9 heteroatoms. The molecule has 3 atom stereocenters. The molecule has 228 valence electrons. The van der Waals surface area contributed by atoms with Crippen LogP contribution in [-0.4, -0.2) is 61.7 Å². The Morgan fingerprint density at radius 2 is 1.49 bits per heavy atom. The van der Waals surface area contributed by atoms with Crippen LogP contribution in [0, 0.1) is 0 Å². The number of hydrogen-bond acceptors (Lipinski definition) is 8. The second-order valence-electron chi connectivity index (χ2n) is 10.5. The van der Waals surface area contributed by atoms with Crippen molar-refractivity contribution in [1.29, 1.82) is 0 Å². The molecule has 0 bridgehead atoms. The number of amides is 1. The van der Waals surface area contributed by atoms with E-state index in [1.807, 2.05) is 72.8 Å². The number of fused-ring (bicyclic) bond motifs is 1. The molecule has 1 amide bonds. The largest absolute Gasteiger partial charge is 0.493 e. The lowest BCUT2D eigenvalue weighted by Crippen LogP contribution is -2.56. The topological polar surface area (TPSA) is 103 Å². The Morgan fingerprint density at radius 1 is 0.884 bits per heavy atom. The zero-order valence-electron chi connectivity index (χ0n) is 25.2. The number of carbonyl (C=O) groups is 3. The van der Waals surface area contributed by atoms with E-state index < -0.39 is 30.1 Å². The summed E-state index contributed by atoms with van der Waals surface area (Å²) in [6, 6.07) is 20.5. The van der Waals surface area contributed by atoms with Crippen molar-refractivity contribution in [1.82, 2.24) is 10.2 Å². The number of ether oxygens (including phenoxy) is 4. The van der Waals surface area contributed by atoms with E-state index in [1.54, 1.807) is 28.1 Å². The molecule has 1 aliphatic rings. The first-order chi connectivity index (χ1) is 20.8. The number of hydrogen-bond donors (Lipinski definition) is 1. The summed E-state index contributed by atoms with van der Waals surface area (Å²) in [6.07, 6.45) is 1.32. The molecule has 0 spiro atoms. The van der Waals surface area contributed by atoms with Crippen molar-refractivity contribution in [3.8, 4) is 11.5 Å². The van der Waals surface area contributed by atoms with Gasteiger partial charge in [0.25, 0.3) is 0 Å². The van der Waals surface area contributed by atoms with Crippen molar-refractivity contribution in [2.24, 2.45) is 0 Å². The first-order valence-electron chi connectivity index (χ1n) is 14.6. The number of aryl methyl sites for hydroxylation is 1. The summed E-state index contributed by atoms with van der Waals surface area (Å²) in [5.41, 5.74) is 3.64. The monoisotopic (exact) mass is 588 g/mol. The van der Waals surface area contributed by atoms with Crippen LogP contribution in [0.1, 0.15) is 42.5 Å². The lowest BCUT2D eigenvalue weighted by molar-refractivity contribution is -0.158. The summed E-state index contributed by atoms with van der Waals surface area (Å²) < 4.78 is 22.0. The third-order valence-corrected chi connectivity index (χ3v) is 7.57. The third kappa shape index (κ3) is 8.14. The van der Waals surface area contributed by atoms with Gasteiger partial charge in [0.1, 0.15) is 18.7 Å². The first kappa shape index (κ1) is 31.6. The molecule has 0 aliphatic carbocycles. The van der Waals surface area contributed by atoms with Gasteiger partial charge in [-0.25, -0.2) is 4.79 Å². The molecule has 1 N–H and O–H groups in total. The predicted octanol–water partition coefficient (Wildman–Crippen LogP) is 4.24. The Balaban J connectivity index is 1.56. The standard InChI is InChI=1S/C34H40N2O7/c1-5-42-33(38)28(17-16-24-12-8-6-9-13-24)35-23(2)32(37)36-21-27-20-31(41-4)30(40-3)19-26(27)18-29(36)34(39)43-22-25-14-10-7-11-15-25/h6-15,19-20,23,28-29,35H,5,16-18,21-22H2,1-4H3/t23-,28?,29-/m0/s1. The van der Waals surface area contributed by atoms with Crippen molar-refractivity contribution in [3.05, 3.63) is 95.1 Å². The maximum absolute atomic E-state index is 14.0. The van der Waals surface area contributed by atoms with Crippen LogP contribution in [0.4, 0.5) is 0 Å². The van der Waals surface area contributed by atoms with Crippen LogP contribution >= 0.6 is 0 Å². The number of esters is 2. The number of benzene rings is 3. The lowest BCUT2D eigenvalue weighted by atomic mass is 9.92. The molecular weight excluding hydrogens is 548 g/mol. The number of rotatable bonds is 13. The minimum absolute atomic E-state index is 0.0925. The fourth-order valence-electron chi connectivity index (χ4n) is 5.27. The van der Waals surface area contributed by atoms with E-state index in [2.05, 4.69) is 5.32 Å². The molecule has 1 aliphatic heterocycles. The molecule has 43 heavy (non-hydrogen) atoms. The van der Waals surface area contributed by atoms with Crippen molar-refractivity contribution < 1.29 is 33.3 Å². The van der Waals surface area contributed by atoms with Crippen molar-refractivity contribution in [3.63, 3.8) is 0 Å². The average molecular weight is 589 g/mol. The fraction of sp³-hybridized carbons (Fsp3) is 0.382.